The summed E-state index contributed by atoms with van der Waals surface area (Å²) in [7, 11) is 3.03. The summed E-state index contributed by atoms with van der Waals surface area (Å²) < 4.78 is 10.5. The van der Waals surface area contributed by atoms with E-state index in [-0.39, 0.29) is 29.5 Å². The predicted octanol–water partition coefficient (Wildman–Crippen LogP) is 5.46. The van der Waals surface area contributed by atoms with Crippen molar-refractivity contribution < 1.29 is 23.9 Å². The van der Waals surface area contributed by atoms with Crippen LogP contribution in [-0.2, 0) is 9.59 Å². The molecule has 0 atom stereocenters. The van der Waals surface area contributed by atoms with E-state index >= 15 is 0 Å². The average molecular weight is 532 g/mol. The molecule has 0 saturated carbocycles. The smallest absolute Gasteiger partial charge is 0.278 e. The number of benzene rings is 3. The summed E-state index contributed by atoms with van der Waals surface area (Å²) in [5, 5.41) is 6.00. The molecule has 3 aromatic carbocycles. The number of nitrogens with one attached hydrogen (secondary N) is 2. The van der Waals surface area contributed by atoms with E-state index in [0.717, 1.165) is 16.1 Å². The highest BCUT2D eigenvalue weighted by molar-refractivity contribution is 8.04. The first kappa shape index (κ1) is 26.8. The van der Waals surface area contributed by atoms with Crippen LogP contribution in [0.1, 0.15) is 29.8 Å². The van der Waals surface area contributed by atoms with Crippen LogP contribution in [-0.4, -0.2) is 42.9 Å². The molecule has 8 nitrogen and oxygen atoms in total. The van der Waals surface area contributed by atoms with Crippen molar-refractivity contribution in [1.29, 1.82) is 0 Å². The zero-order valence-electron chi connectivity index (χ0n) is 21.8. The zero-order valence-corrected chi connectivity index (χ0v) is 22.6. The maximum Gasteiger partial charge on any atom is 0.278 e. The van der Waals surface area contributed by atoms with Gasteiger partial charge in [0.2, 0.25) is 0 Å². The van der Waals surface area contributed by atoms with E-state index in [1.807, 2.05) is 45.0 Å². The Morgan fingerprint density at radius 1 is 0.868 bits per heavy atom. The normalized spacial score (nSPS) is 13.3. The first-order valence-electron chi connectivity index (χ1n) is 12.0. The van der Waals surface area contributed by atoms with Gasteiger partial charge in [0, 0.05) is 28.4 Å². The quantitative estimate of drug-likeness (QED) is 0.354. The molecule has 1 aliphatic rings. The van der Waals surface area contributed by atoms with E-state index in [1.54, 1.807) is 49.6 Å². The van der Waals surface area contributed by atoms with E-state index in [2.05, 4.69) is 10.6 Å². The molecular weight excluding hydrogens is 502 g/mol. The largest absolute Gasteiger partial charge is 0.497 e. The van der Waals surface area contributed by atoms with Crippen LogP contribution in [0.15, 0.2) is 82.2 Å². The maximum absolute atomic E-state index is 13.2. The van der Waals surface area contributed by atoms with Crippen molar-refractivity contribution in [2.75, 3.05) is 24.9 Å². The lowest BCUT2D eigenvalue weighted by Crippen LogP contribution is -2.38. The molecule has 0 fully saturated rings. The third kappa shape index (κ3) is 5.68. The Balaban J connectivity index is 1.54. The summed E-state index contributed by atoms with van der Waals surface area (Å²) in [6.07, 6.45) is 0. The monoisotopic (exact) mass is 531 g/mol. The summed E-state index contributed by atoms with van der Waals surface area (Å²) in [5.41, 5.74) is 3.01. The van der Waals surface area contributed by atoms with E-state index in [1.165, 1.54) is 23.8 Å². The van der Waals surface area contributed by atoms with Gasteiger partial charge in [-0.15, -0.1) is 0 Å². The number of methoxy groups -OCH3 is 2. The average Bonchev–Trinajstić information content (AvgIpc) is 3.14. The van der Waals surface area contributed by atoms with Gasteiger partial charge >= 0.3 is 0 Å². The van der Waals surface area contributed by atoms with Gasteiger partial charge in [-0.25, -0.2) is 0 Å². The van der Waals surface area contributed by atoms with Crippen molar-refractivity contribution in [3.05, 3.63) is 88.5 Å². The Labute approximate surface area is 226 Å². The van der Waals surface area contributed by atoms with Gasteiger partial charge in [-0.2, -0.15) is 0 Å². The second-order valence-corrected chi connectivity index (χ2v) is 10.00. The van der Waals surface area contributed by atoms with Crippen LogP contribution in [0.4, 0.5) is 11.4 Å². The van der Waals surface area contributed by atoms with E-state index in [0.29, 0.717) is 27.7 Å². The Morgan fingerprint density at radius 3 is 2.13 bits per heavy atom. The Hall–Kier alpha value is -4.24. The molecule has 2 N–H and O–H groups in total. The van der Waals surface area contributed by atoms with E-state index < -0.39 is 0 Å². The number of anilines is 2. The number of aryl methyl sites for hydroxylation is 1. The molecule has 0 bridgehead atoms. The third-order valence-corrected chi connectivity index (χ3v) is 6.99. The van der Waals surface area contributed by atoms with Gasteiger partial charge in [-0.05, 0) is 69.3 Å². The molecular formula is C29H29N3O5S. The van der Waals surface area contributed by atoms with Crippen molar-refractivity contribution >= 4 is 40.9 Å². The molecule has 0 aromatic heterocycles. The number of thioether (sulfide) groups is 1. The summed E-state index contributed by atoms with van der Waals surface area (Å²) in [4.78, 5) is 41.5. The van der Waals surface area contributed by atoms with Crippen molar-refractivity contribution in [2.45, 2.75) is 31.7 Å². The molecule has 9 heteroatoms. The molecule has 0 spiro atoms. The second kappa shape index (κ2) is 11.4. The van der Waals surface area contributed by atoms with Gasteiger partial charge in [0.05, 0.1) is 19.8 Å². The number of hydrogen-bond acceptors (Lipinski definition) is 7. The standard InChI is InChI=1S/C29H29N3O5S/c1-17(2)32-28(34)25(30-19-8-6-18(3)7-9-19)26(29(32)35)38-22-13-10-20(11-14-22)31-27(33)23-15-12-21(36-4)16-24(23)37-5/h6-17,30H,1-5H3,(H,31,33). The SMILES string of the molecule is COc1ccc(C(=O)Nc2ccc(SC3=C(Nc4ccc(C)cc4)C(=O)N(C(C)C)C3=O)cc2)c(OC)c1. The van der Waals surface area contributed by atoms with Crippen molar-refractivity contribution in [3.63, 3.8) is 0 Å². The van der Waals surface area contributed by atoms with Crippen LogP contribution in [0.5, 0.6) is 11.5 Å². The minimum Gasteiger partial charge on any atom is -0.497 e. The number of ether oxygens (including phenoxy) is 2. The fraction of sp³-hybridized carbons (Fsp3) is 0.207. The van der Waals surface area contributed by atoms with E-state index in [9.17, 15) is 14.4 Å². The highest BCUT2D eigenvalue weighted by Gasteiger charge is 2.40. The lowest BCUT2D eigenvalue weighted by atomic mass is 10.1. The molecule has 1 aliphatic heterocycles. The van der Waals surface area contributed by atoms with Gasteiger partial charge in [-0.3, -0.25) is 19.3 Å². The topological polar surface area (TPSA) is 97.0 Å². The molecule has 0 saturated heterocycles. The molecule has 3 aromatic rings. The molecule has 38 heavy (non-hydrogen) atoms. The maximum atomic E-state index is 13.2. The van der Waals surface area contributed by atoms with Crippen LogP contribution in [0.25, 0.3) is 0 Å². The fourth-order valence-corrected chi connectivity index (χ4v) is 4.82. The molecule has 0 aliphatic carbocycles. The highest BCUT2D eigenvalue weighted by Crippen LogP contribution is 2.37. The van der Waals surface area contributed by atoms with Gasteiger partial charge in [0.25, 0.3) is 17.7 Å². The first-order chi connectivity index (χ1) is 18.2. The van der Waals surface area contributed by atoms with Crippen LogP contribution in [0, 0.1) is 6.92 Å². The summed E-state index contributed by atoms with van der Waals surface area (Å²) >= 11 is 1.21. The minimum atomic E-state index is -0.356. The number of carbonyl (C=O) groups excluding carboxylic acids is 3. The number of hydrogen-bond donors (Lipinski definition) is 2. The molecule has 0 radical (unpaired) electrons. The van der Waals surface area contributed by atoms with Gasteiger partial charge < -0.3 is 20.1 Å². The van der Waals surface area contributed by atoms with Crippen molar-refractivity contribution in [3.8, 4) is 11.5 Å². The number of carbonyl (C=O) groups is 3. The number of nitrogens with zero attached hydrogens (tertiary/aromatic N) is 1. The van der Waals surface area contributed by atoms with Crippen LogP contribution >= 0.6 is 11.8 Å². The second-order valence-electron chi connectivity index (χ2n) is 8.92. The Bertz CT molecular complexity index is 1400. The molecule has 3 amide bonds. The predicted molar refractivity (Wildman–Crippen MR) is 149 cm³/mol. The fourth-order valence-electron chi connectivity index (χ4n) is 3.89. The van der Waals surface area contributed by atoms with Gasteiger partial charge in [0.1, 0.15) is 22.1 Å². The lowest BCUT2D eigenvalue weighted by Gasteiger charge is -2.19. The summed E-state index contributed by atoms with van der Waals surface area (Å²) in [5.74, 6) is -0.0460. The summed E-state index contributed by atoms with van der Waals surface area (Å²) in [6, 6.07) is 19.4. The first-order valence-corrected chi connectivity index (χ1v) is 12.8. The molecule has 0 unspecified atom stereocenters. The zero-order chi connectivity index (χ0) is 27.4. The Kier molecular flexibility index (Phi) is 8.07. The van der Waals surface area contributed by atoms with Crippen molar-refractivity contribution in [2.24, 2.45) is 0 Å². The molecule has 196 valence electrons. The molecule has 1 heterocycles. The van der Waals surface area contributed by atoms with Gasteiger partial charge in [-0.1, -0.05) is 29.5 Å². The Morgan fingerprint density at radius 2 is 1.53 bits per heavy atom. The number of rotatable bonds is 9. The van der Waals surface area contributed by atoms with Crippen LogP contribution < -0.4 is 20.1 Å². The summed E-state index contributed by atoms with van der Waals surface area (Å²) in [6.45, 7) is 5.60. The van der Waals surface area contributed by atoms with Gasteiger partial charge in [0.15, 0.2) is 0 Å². The lowest BCUT2D eigenvalue weighted by molar-refractivity contribution is -0.139. The van der Waals surface area contributed by atoms with E-state index in [4.69, 9.17) is 9.47 Å². The minimum absolute atomic E-state index is 0.251. The van der Waals surface area contributed by atoms with Crippen LogP contribution in [0.2, 0.25) is 0 Å². The third-order valence-electron chi connectivity index (χ3n) is 5.90. The molecule has 4 rings (SSSR count). The highest BCUT2D eigenvalue weighted by atomic mass is 32.2. The number of amides is 3. The van der Waals surface area contributed by atoms with Crippen molar-refractivity contribution in [1.82, 2.24) is 4.90 Å². The van der Waals surface area contributed by atoms with Crippen LogP contribution in [0.3, 0.4) is 0 Å². The number of imide groups is 1.